The Hall–Kier alpha value is -0.700. The molecule has 1 rings (SSSR count). The molecule has 9 heavy (non-hydrogen) atoms. The highest BCUT2D eigenvalue weighted by molar-refractivity contribution is 5.20. The van der Waals surface area contributed by atoms with Crippen LogP contribution in [0.1, 0.15) is 6.42 Å². The second-order valence-corrected chi connectivity index (χ2v) is 1.95. The summed E-state index contributed by atoms with van der Waals surface area (Å²) in [6.07, 6.45) is 2.75. The van der Waals surface area contributed by atoms with E-state index in [0.29, 0.717) is 6.08 Å². The van der Waals surface area contributed by atoms with Crippen molar-refractivity contribution in [3.05, 3.63) is 24.1 Å². The number of aliphatic hydroxyl groups is 1. The summed E-state index contributed by atoms with van der Waals surface area (Å²) < 4.78 is 24.4. The lowest BCUT2D eigenvalue weighted by Crippen LogP contribution is -2.19. The fraction of sp³-hybridized carbons (Fsp3) is 0.333. The minimum Gasteiger partial charge on any atom is -0.358 e. The Labute approximate surface area is 51.3 Å². The highest BCUT2D eigenvalue weighted by atomic mass is 19.2. The predicted octanol–water partition coefficient (Wildman–Crippen LogP) is 1.46. The van der Waals surface area contributed by atoms with Crippen molar-refractivity contribution in [1.29, 1.82) is 0 Å². The largest absolute Gasteiger partial charge is 0.358 e. The van der Waals surface area contributed by atoms with Crippen molar-refractivity contribution in [2.45, 2.75) is 12.3 Å². The Morgan fingerprint density at radius 2 is 2.33 bits per heavy atom. The van der Waals surface area contributed by atoms with Crippen LogP contribution in [0.4, 0.5) is 8.78 Å². The van der Waals surface area contributed by atoms with E-state index in [4.69, 9.17) is 5.11 Å². The highest BCUT2D eigenvalue weighted by Gasteiger charge is 2.23. The minimum atomic E-state index is -2.47. The summed E-state index contributed by atoms with van der Waals surface area (Å²) in [5.74, 6) is -3.20. The molecule has 1 N–H and O–H groups in total. The van der Waals surface area contributed by atoms with Crippen LogP contribution in [0.5, 0.6) is 0 Å². The molecule has 0 spiro atoms. The van der Waals surface area contributed by atoms with Crippen molar-refractivity contribution in [3.8, 4) is 0 Å². The number of halogens is 2. The molecule has 1 unspecified atom stereocenters. The van der Waals surface area contributed by atoms with Crippen LogP contribution >= 0.6 is 0 Å². The predicted molar refractivity (Wildman–Crippen MR) is 29.0 cm³/mol. The van der Waals surface area contributed by atoms with Gasteiger partial charge in [0.2, 0.25) is 5.85 Å². The van der Waals surface area contributed by atoms with E-state index in [-0.39, 0.29) is 6.42 Å². The molecule has 1 aliphatic rings. The van der Waals surface area contributed by atoms with Gasteiger partial charge < -0.3 is 5.11 Å². The number of allylic oxidation sites excluding steroid dienone is 2. The molecule has 1 atom stereocenters. The summed E-state index contributed by atoms with van der Waals surface area (Å²) in [7, 11) is 0. The maximum absolute atomic E-state index is 12.3. The number of rotatable bonds is 0. The lowest BCUT2D eigenvalue weighted by molar-refractivity contribution is -0.0403. The van der Waals surface area contributed by atoms with Gasteiger partial charge in [-0.15, -0.1) is 0 Å². The molecule has 50 valence electrons. The lowest BCUT2D eigenvalue weighted by Gasteiger charge is -2.14. The molecule has 0 aliphatic heterocycles. The normalized spacial score (nSPS) is 34.3. The fourth-order valence-corrected chi connectivity index (χ4v) is 0.655. The fourth-order valence-electron chi connectivity index (χ4n) is 0.655. The zero-order valence-corrected chi connectivity index (χ0v) is 4.64. The molecule has 0 fully saturated rings. The monoisotopic (exact) mass is 132 g/mol. The smallest absolute Gasteiger partial charge is 0.232 e. The molecule has 1 nitrogen and oxygen atoms in total. The van der Waals surface area contributed by atoms with Crippen LogP contribution in [-0.2, 0) is 0 Å². The molecule has 0 aromatic heterocycles. The summed E-state index contributed by atoms with van der Waals surface area (Å²) in [4.78, 5) is 0. The Balaban J connectivity index is 2.78. The van der Waals surface area contributed by atoms with E-state index in [1.807, 2.05) is 0 Å². The molecule has 0 amide bonds. The molecule has 0 aromatic carbocycles. The van der Waals surface area contributed by atoms with Gasteiger partial charge in [-0.3, -0.25) is 0 Å². The van der Waals surface area contributed by atoms with E-state index in [0.717, 1.165) is 6.08 Å². The third-order valence-electron chi connectivity index (χ3n) is 1.04. The first-order valence-electron chi connectivity index (χ1n) is 2.56. The number of alkyl halides is 1. The first-order valence-corrected chi connectivity index (χ1v) is 2.56. The van der Waals surface area contributed by atoms with Crippen LogP contribution in [-0.4, -0.2) is 11.0 Å². The van der Waals surface area contributed by atoms with Gasteiger partial charge in [-0.25, -0.2) is 8.78 Å². The maximum Gasteiger partial charge on any atom is 0.232 e. The van der Waals surface area contributed by atoms with Crippen LogP contribution in [0.15, 0.2) is 24.1 Å². The third kappa shape index (κ3) is 1.61. The zero-order valence-electron chi connectivity index (χ0n) is 4.64. The SMILES string of the molecule is OC1(F)C=C(F)C=CC1. The van der Waals surface area contributed by atoms with E-state index in [2.05, 4.69) is 0 Å². The molecule has 0 heterocycles. The van der Waals surface area contributed by atoms with Gasteiger partial charge in [-0.2, -0.15) is 0 Å². The Morgan fingerprint density at radius 3 is 2.67 bits per heavy atom. The number of hydrogen-bond donors (Lipinski definition) is 1. The van der Waals surface area contributed by atoms with Gasteiger partial charge >= 0.3 is 0 Å². The van der Waals surface area contributed by atoms with Crippen LogP contribution in [0.3, 0.4) is 0 Å². The average Bonchev–Trinajstić information content (AvgIpc) is 1.60. The standard InChI is InChI=1S/C6H6F2O/c7-5-2-1-3-6(8,9)4-5/h1-2,4,9H,3H2. The molecule has 0 saturated carbocycles. The van der Waals surface area contributed by atoms with Gasteiger partial charge in [0, 0.05) is 12.5 Å². The van der Waals surface area contributed by atoms with E-state index >= 15 is 0 Å². The summed E-state index contributed by atoms with van der Waals surface area (Å²) in [6.45, 7) is 0. The van der Waals surface area contributed by atoms with E-state index in [1.54, 1.807) is 0 Å². The molecular formula is C6H6F2O. The second kappa shape index (κ2) is 1.92. The van der Waals surface area contributed by atoms with Gasteiger partial charge in [0.1, 0.15) is 5.83 Å². The molecular weight excluding hydrogens is 126 g/mol. The van der Waals surface area contributed by atoms with Crippen molar-refractivity contribution in [1.82, 2.24) is 0 Å². The van der Waals surface area contributed by atoms with Crippen molar-refractivity contribution in [3.63, 3.8) is 0 Å². The maximum atomic E-state index is 12.3. The van der Waals surface area contributed by atoms with Gasteiger partial charge in [-0.1, -0.05) is 6.08 Å². The minimum absolute atomic E-state index is 0.166. The Morgan fingerprint density at radius 1 is 1.67 bits per heavy atom. The van der Waals surface area contributed by atoms with E-state index in [1.165, 1.54) is 6.08 Å². The molecule has 0 radical (unpaired) electrons. The van der Waals surface area contributed by atoms with Crippen LogP contribution < -0.4 is 0 Å². The van der Waals surface area contributed by atoms with Crippen molar-refractivity contribution in [2.75, 3.05) is 0 Å². The molecule has 3 heteroatoms. The quantitative estimate of drug-likeness (QED) is 0.529. The van der Waals surface area contributed by atoms with Gasteiger partial charge in [0.25, 0.3) is 0 Å². The van der Waals surface area contributed by atoms with E-state index < -0.39 is 11.7 Å². The Kier molecular flexibility index (Phi) is 1.37. The van der Waals surface area contributed by atoms with Crippen LogP contribution in [0.25, 0.3) is 0 Å². The molecule has 0 aromatic rings. The van der Waals surface area contributed by atoms with Crippen molar-refractivity contribution >= 4 is 0 Å². The van der Waals surface area contributed by atoms with Gasteiger partial charge in [-0.05, 0) is 6.08 Å². The lowest BCUT2D eigenvalue weighted by atomic mass is 10.1. The molecule has 0 bridgehead atoms. The van der Waals surface area contributed by atoms with Gasteiger partial charge in [0.05, 0.1) is 0 Å². The summed E-state index contributed by atoms with van der Waals surface area (Å²) in [6, 6.07) is 0. The summed E-state index contributed by atoms with van der Waals surface area (Å²) in [5, 5.41) is 8.51. The molecule has 0 saturated heterocycles. The Bertz CT molecular complexity index is 170. The van der Waals surface area contributed by atoms with Crippen LogP contribution in [0.2, 0.25) is 0 Å². The first-order chi connectivity index (χ1) is 4.10. The van der Waals surface area contributed by atoms with Crippen molar-refractivity contribution < 1.29 is 13.9 Å². The first kappa shape index (κ1) is 6.42. The summed E-state index contributed by atoms with van der Waals surface area (Å²) >= 11 is 0. The van der Waals surface area contributed by atoms with E-state index in [9.17, 15) is 8.78 Å². The topological polar surface area (TPSA) is 20.2 Å². The number of hydrogen-bond acceptors (Lipinski definition) is 1. The highest BCUT2D eigenvalue weighted by Crippen LogP contribution is 2.22. The van der Waals surface area contributed by atoms with Crippen LogP contribution in [0, 0.1) is 0 Å². The summed E-state index contributed by atoms with van der Waals surface area (Å²) in [5.41, 5.74) is 0. The average molecular weight is 132 g/mol. The van der Waals surface area contributed by atoms with Crippen molar-refractivity contribution in [2.24, 2.45) is 0 Å². The van der Waals surface area contributed by atoms with Gasteiger partial charge in [0.15, 0.2) is 0 Å². The molecule has 1 aliphatic carbocycles. The zero-order chi connectivity index (χ0) is 6.91. The third-order valence-corrected chi connectivity index (χ3v) is 1.04. The second-order valence-electron chi connectivity index (χ2n) is 1.95.